The minimum Gasteiger partial charge on any atom is -0.355 e. The van der Waals surface area contributed by atoms with Crippen molar-refractivity contribution < 1.29 is 9.32 Å². The molecule has 2 aromatic heterocycles. The summed E-state index contributed by atoms with van der Waals surface area (Å²) in [4.78, 5) is 17.9. The second-order valence-corrected chi connectivity index (χ2v) is 8.40. The molecule has 2 saturated heterocycles. The first kappa shape index (κ1) is 20.1. The van der Waals surface area contributed by atoms with E-state index in [-0.39, 0.29) is 11.9 Å². The molecular weight excluding hydrogens is 366 g/mol. The molecule has 7 heteroatoms. The van der Waals surface area contributed by atoms with Gasteiger partial charge in [0.1, 0.15) is 0 Å². The predicted octanol–water partition coefficient (Wildman–Crippen LogP) is 3.74. The van der Waals surface area contributed by atoms with E-state index in [4.69, 9.17) is 4.52 Å². The summed E-state index contributed by atoms with van der Waals surface area (Å²) in [6.45, 7) is 8.99. The van der Waals surface area contributed by atoms with Crippen molar-refractivity contribution in [3.63, 3.8) is 0 Å². The Kier molecular flexibility index (Phi) is 6.33. The Hall–Kier alpha value is -2.15. The lowest BCUT2D eigenvalue weighted by atomic mass is 10.0. The summed E-state index contributed by atoms with van der Waals surface area (Å²) in [7, 11) is 0. The van der Waals surface area contributed by atoms with Crippen LogP contribution in [0.2, 0.25) is 0 Å². The van der Waals surface area contributed by atoms with E-state index in [1.165, 1.54) is 32.1 Å². The van der Waals surface area contributed by atoms with Gasteiger partial charge in [-0.25, -0.2) is 0 Å². The number of amides is 1. The fourth-order valence-corrected chi connectivity index (χ4v) is 4.73. The number of piperidine rings is 1. The second-order valence-electron chi connectivity index (χ2n) is 8.40. The van der Waals surface area contributed by atoms with E-state index in [1.54, 1.807) is 12.3 Å². The third kappa shape index (κ3) is 4.39. The lowest BCUT2D eigenvalue weighted by Gasteiger charge is -2.38. The molecule has 4 rings (SSSR count). The lowest BCUT2D eigenvalue weighted by Crippen LogP contribution is -2.49. The smallest absolute Gasteiger partial charge is 0.276 e. The predicted molar refractivity (Wildman–Crippen MR) is 112 cm³/mol. The van der Waals surface area contributed by atoms with Crippen LogP contribution in [-0.4, -0.2) is 62.9 Å². The van der Waals surface area contributed by atoms with Crippen LogP contribution in [0, 0.1) is 6.92 Å². The van der Waals surface area contributed by atoms with Crippen molar-refractivity contribution in [2.75, 3.05) is 26.2 Å². The zero-order chi connectivity index (χ0) is 20.2. The molecule has 0 unspecified atom stereocenters. The van der Waals surface area contributed by atoms with E-state index in [1.807, 2.05) is 16.5 Å². The highest BCUT2D eigenvalue weighted by Crippen LogP contribution is 2.26. The number of hydrogen-bond donors (Lipinski definition) is 0. The van der Waals surface area contributed by atoms with Crippen molar-refractivity contribution in [2.24, 2.45) is 0 Å². The molecule has 158 valence electrons. The summed E-state index contributed by atoms with van der Waals surface area (Å²) in [6.07, 6.45) is 10.3. The molecule has 1 amide bonds. The van der Waals surface area contributed by atoms with E-state index in [9.17, 15) is 4.79 Å². The highest BCUT2D eigenvalue weighted by atomic mass is 16.5. The molecule has 7 nitrogen and oxygen atoms in total. The van der Waals surface area contributed by atoms with Crippen LogP contribution in [0.3, 0.4) is 0 Å². The van der Waals surface area contributed by atoms with Crippen LogP contribution >= 0.6 is 0 Å². The Morgan fingerprint density at radius 2 is 1.90 bits per heavy atom. The van der Waals surface area contributed by atoms with Crippen LogP contribution in [0.4, 0.5) is 0 Å². The summed E-state index contributed by atoms with van der Waals surface area (Å²) in [5, 5.41) is 8.49. The van der Waals surface area contributed by atoms with Crippen LogP contribution in [0.1, 0.15) is 68.1 Å². The fourth-order valence-electron chi connectivity index (χ4n) is 4.73. The molecule has 4 heterocycles. The summed E-state index contributed by atoms with van der Waals surface area (Å²) in [5.41, 5.74) is 2.34. The Morgan fingerprint density at radius 3 is 2.62 bits per heavy atom. The Labute approximate surface area is 173 Å². The molecule has 29 heavy (non-hydrogen) atoms. The van der Waals surface area contributed by atoms with Crippen LogP contribution in [-0.2, 0) is 6.54 Å². The SMILES string of the molecule is CCn1ncc(-c2cc(C(=O)N3CCCC[C@H]3CN3CCCCCC3)no2)c1C. The average molecular weight is 400 g/mol. The van der Waals surface area contributed by atoms with Gasteiger partial charge >= 0.3 is 0 Å². The molecule has 0 spiro atoms. The molecule has 2 aromatic rings. The van der Waals surface area contributed by atoms with Gasteiger partial charge in [0, 0.05) is 37.4 Å². The van der Waals surface area contributed by atoms with Crippen molar-refractivity contribution in [1.29, 1.82) is 0 Å². The first-order chi connectivity index (χ1) is 14.2. The molecule has 0 aliphatic carbocycles. The van der Waals surface area contributed by atoms with Gasteiger partial charge < -0.3 is 14.3 Å². The van der Waals surface area contributed by atoms with Gasteiger partial charge in [0.05, 0.1) is 11.8 Å². The second kappa shape index (κ2) is 9.11. The van der Waals surface area contributed by atoms with E-state index in [0.29, 0.717) is 11.5 Å². The standard InChI is InChI=1S/C22H33N5O2/c1-3-27-17(2)19(15-23-27)21-14-20(24-29-21)22(28)26-13-9-6-10-18(26)16-25-11-7-4-5-8-12-25/h14-15,18H,3-13,16H2,1-2H3/t18-/m0/s1. The Bertz CT molecular complexity index is 819. The molecule has 2 aliphatic rings. The van der Waals surface area contributed by atoms with E-state index < -0.39 is 0 Å². The quantitative estimate of drug-likeness (QED) is 0.766. The first-order valence-corrected chi connectivity index (χ1v) is 11.2. The van der Waals surface area contributed by atoms with Gasteiger partial charge in [0.25, 0.3) is 5.91 Å². The van der Waals surface area contributed by atoms with Crippen molar-refractivity contribution in [3.8, 4) is 11.3 Å². The molecule has 0 aromatic carbocycles. The average Bonchev–Trinajstić information content (AvgIpc) is 3.28. The maximum absolute atomic E-state index is 13.3. The lowest BCUT2D eigenvalue weighted by molar-refractivity contribution is 0.0537. The Morgan fingerprint density at radius 1 is 1.14 bits per heavy atom. The molecular formula is C22H33N5O2. The number of carbonyl (C=O) groups is 1. The van der Waals surface area contributed by atoms with Gasteiger partial charge in [-0.15, -0.1) is 0 Å². The van der Waals surface area contributed by atoms with E-state index >= 15 is 0 Å². The fraction of sp³-hybridized carbons (Fsp3) is 0.682. The van der Waals surface area contributed by atoms with Gasteiger partial charge in [-0.05, 0) is 59.0 Å². The molecule has 1 atom stereocenters. The van der Waals surface area contributed by atoms with Crippen molar-refractivity contribution >= 4 is 5.91 Å². The normalized spacial score (nSPS) is 21.3. The number of rotatable bonds is 5. The van der Waals surface area contributed by atoms with Crippen LogP contribution in [0.15, 0.2) is 16.8 Å². The van der Waals surface area contributed by atoms with E-state index in [2.05, 4.69) is 22.1 Å². The van der Waals surface area contributed by atoms with Gasteiger partial charge in [-0.3, -0.25) is 9.48 Å². The number of hydrogen-bond acceptors (Lipinski definition) is 5. The number of aryl methyl sites for hydroxylation is 1. The highest BCUT2D eigenvalue weighted by Gasteiger charge is 2.31. The largest absolute Gasteiger partial charge is 0.355 e. The van der Waals surface area contributed by atoms with Gasteiger partial charge in [-0.1, -0.05) is 18.0 Å². The third-order valence-electron chi connectivity index (χ3n) is 6.45. The van der Waals surface area contributed by atoms with Gasteiger partial charge in [0.15, 0.2) is 11.5 Å². The summed E-state index contributed by atoms with van der Waals surface area (Å²) >= 11 is 0. The zero-order valence-electron chi connectivity index (χ0n) is 17.8. The number of carbonyl (C=O) groups excluding carboxylic acids is 1. The maximum Gasteiger partial charge on any atom is 0.276 e. The molecule has 0 N–H and O–H groups in total. The van der Waals surface area contributed by atoms with Crippen LogP contribution in [0.5, 0.6) is 0 Å². The van der Waals surface area contributed by atoms with Crippen LogP contribution < -0.4 is 0 Å². The number of likely N-dealkylation sites (tertiary alicyclic amines) is 2. The molecule has 2 aliphatic heterocycles. The van der Waals surface area contributed by atoms with Gasteiger partial charge in [-0.2, -0.15) is 5.10 Å². The van der Waals surface area contributed by atoms with Crippen molar-refractivity contribution in [1.82, 2.24) is 24.7 Å². The summed E-state index contributed by atoms with van der Waals surface area (Å²) in [5.74, 6) is 0.617. The van der Waals surface area contributed by atoms with E-state index in [0.717, 1.165) is 56.8 Å². The third-order valence-corrected chi connectivity index (χ3v) is 6.45. The minimum atomic E-state index is 0.0000540. The monoisotopic (exact) mass is 399 g/mol. The van der Waals surface area contributed by atoms with Crippen molar-refractivity contribution in [2.45, 2.75) is 71.4 Å². The summed E-state index contributed by atoms with van der Waals surface area (Å²) < 4.78 is 7.46. The maximum atomic E-state index is 13.3. The van der Waals surface area contributed by atoms with Gasteiger partial charge in [0.2, 0.25) is 0 Å². The number of aromatic nitrogens is 3. The topological polar surface area (TPSA) is 67.4 Å². The first-order valence-electron chi connectivity index (χ1n) is 11.2. The van der Waals surface area contributed by atoms with Crippen molar-refractivity contribution in [3.05, 3.63) is 23.7 Å². The minimum absolute atomic E-state index is 0.0000540. The highest BCUT2D eigenvalue weighted by molar-refractivity contribution is 5.93. The zero-order valence-corrected chi connectivity index (χ0v) is 17.8. The molecule has 2 fully saturated rings. The Balaban J connectivity index is 1.48. The molecule has 0 saturated carbocycles. The number of nitrogens with zero attached hydrogens (tertiary/aromatic N) is 5. The molecule has 0 bridgehead atoms. The molecule has 0 radical (unpaired) electrons. The van der Waals surface area contributed by atoms with Crippen LogP contribution in [0.25, 0.3) is 11.3 Å². The summed E-state index contributed by atoms with van der Waals surface area (Å²) in [6, 6.07) is 2.06.